The smallest absolute Gasteiger partial charge is 0.876 e. The van der Waals surface area contributed by atoms with E-state index < -0.39 is 10.2 Å². The van der Waals surface area contributed by atoms with Crippen LogP contribution in [0.1, 0.15) is 27.7 Å². The molecule has 0 spiro atoms. The fraction of sp³-hybridized carbons (Fsp3) is 0.727. The summed E-state index contributed by atoms with van der Waals surface area (Å²) in [6.45, 7) is 9.98. The number of hydrogen-bond acceptors (Lipinski definition) is 14. The van der Waals surface area contributed by atoms with Crippen LogP contribution in [-0.2, 0) is 54.7 Å². The van der Waals surface area contributed by atoms with E-state index >= 15 is 0 Å². The molecule has 0 aliphatic rings. The Bertz CT molecular complexity index is 598. The van der Waals surface area contributed by atoms with Gasteiger partial charge < -0.3 is 82.4 Å². The van der Waals surface area contributed by atoms with Crippen molar-refractivity contribution >= 4 is 11.6 Å². The van der Waals surface area contributed by atoms with Gasteiger partial charge in [0.1, 0.15) is 0 Å². The van der Waals surface area contributed by atoms with Crippen molar-refractivity contribution in [1.82, 2.24) is 19.6 Å². The van der Waals surface area contributed by atoms with Crippen LogP contribution in [0.15, 0.2) is 23.7 Å². The molecule has 0 bridgehead atoms. The second-order valence-electron chi connectivity index (χ2n) is 8.39. The minimum absolute atomic E-state index is 0. The van der Waals surface area contributed by atoms with Crippen LogP contribution in [0.5, 0.6) is 0 Å². The fourth-order valence-corrected chi connectivity index (χ4v) is 1.37. The summed E-state index contributed by atoms with van der Waals surface area (Å²) in [6, 6.07) is 0. The van der Waals surface area contributed by atoms with Gasteiger partial charge in [-0.25, -0.2) is 0 Å². The Morgan fingerprint density at radius 3 is 0.659 bits per heavy atom. The van der Waals surface area contributed by atoms with Crippen molar-refractivity contribution in [2.75, 3.05) is 82.6 Å². The van der Waals surface area contributed by atoms with Crippen LogP contribution in [0, 0.1) is 30.6 Å². The van der Waals surface area contributed by atoms with Gasteiger partial charge in [-0.2, -0.15) is 0 Å². The molecule has 0 aromatic carbocycles. The van der Waals surface area contributed by atoms with Crippen LogP contribution in [0.2, 0.25) is 0 Å². The van der Waals surface area contributed by atoms with E-state index in [0.29, 0.717) is 0 Å². The van der Waals surface area contributed by atoms with Gasteiger partial charge in [0.25, 0.3) is 0 Å². The van der Waals surface area contributed by atoms with E-state index in [9.17, 15) is 19.8 Å². The predicted molar refractivity (Wildman–Crippen MR) is 161 cm³/mol. The van der Waals surface area contributed by atoms with Gasteiger partial charge in [0, 0.05) is 26.2 Å². The molecule has 0 amide bonds. The summed E-state index contributed by atoms with van der Waals surface area (Å²) in [5.74, 6) is -0.750. The number of hydrogen-bond donors (Lipinski definition) is 0. The Labute approximate surface area is 281 Å². The summed E-state index contributed by atoms with van der Waals surface area (Å²) in [6.07, 6.45) is 2.11. The number of nitrogens with zero attached hydrogens (tertiary/aromatic N) is 6. The molecule has 0 aliphatic carbocycles. The molecule has 0 aliphatic heterocycles. The van der Waals surface area contributed by atoms with Gasteiger partial charge in [0.05, 0.1) is 10.2 Å². The summed E-state index contributed by atoms with van der Waals surface area (Å²) < 4.78 is 0. The van der Waals surface area contributed by atoms with Crippen LogP contribution < -0.4 is 10.2 Å². The average molecular weight is 756 g/mol. The molecule has 0 atom stereocenters. The van der Waals surface area contributed by atoms with Crippen molar-refractivity contribution in [1.29, 1.82) is 0 Å². The Morgan fingerprint density at radius 1 is 0.523 bits per heavy atom. The third-order valence-electron chi connectivity index (χ3n) is 2.80. The van der Waals surface area contributed by atoms with Gasteiger partial charge >= 0.3 is 34.1 Å². The summed E-state index contributed by atoms with van der Waals surface area (Å²) >= 11 is 0. The number of carbonyl (C=O) groups is 2. The average Bonchev–Trinajstić information content (AvgIpc) is 2.63. The number of carbonyl (C=O) groups excluding carboxylic acids is 2. The van der Waals surface area contributed by atoms with E-state index in [1.54, 1.807) is 0 Å². The molecule has 0 fully saturated rings. The fourth-order valence-electron chi connectivity index (χ4n) is 1.37. The molecule has 0 heterocycles. The molecule has 0 saturated carbocycles. The first-order valence-corrected chi connectivity index (χ1v) is 10.9. The van der Waals surface area contributed by atoms with Crippen LogP contribution in [0.4, 0.5) is 0 Å². The Morgan fingerprint density at radius 2 is 0.636 bits per heavy atom. The molecule has 278 valence electrons. The van der Waals surface area contributed by atoms with E-state index in [-0.39, 0.29) is 79.1 Å². The summed E-state index contributed by atoms with van der Waals surface area (Å²) in [5.41, 5.74) is 0. The maximum atomic E-state index is 9.98. The van der Waals surface area contributed by atoms with Crippen LogP contribution in [0.25, 0.3) is 0 Å². The van der Waals surface area contributed by atoms with Crippen molar-refractivity contribution in [3.63, 3.8) is 0 Å². The van der Waals surface area contributed by atoms with E-state index in [1.165, 1.54) is 27.7 Å². The van der Waals surface area contributed by atoms with Crippen molar-refractivity contribution < 1.29 is 86.0 Å². The molecular formula is C22H56Cu2N6O14+2. The van der Waals surface area contributed by atoms with Gasteiger partial charge in [0.15, 0.2) is 11.6 Å². The Hall–Kier alpha value is -2.46. The second-order valence-corrected chi connectivity index (χ2v) is 8.39. The molecule has 0 aromatic heterocycles. The molecule has 2 radical (unpaired) electrons. The standard InChI is InChI=1S/2C6H16N2.2C5H8O2.2Cu.2NO3.4H2O/c2*1-7(2)5-6-8(3)4;2*1-4(6)3-5(2)7;;;2*2-1(3)4;;;;/h2*5-6H2,1-4H3;2*3,6H,1-2H3;;;;;4*1H2/q;;;;2*+2;2*-1;;;;/b;;2*4-3-;;;;;;;;. The third kappa shape index (κ3) is 243. The van der Waals surface area contributed by atoms with E-state index in [4.69, 9.17) is 30.6 Å². The summed E-state index contributed by atoms with van der Waals surface area (Å²) in [7, 11) is 16.7. The van der Waals surface area contributed by atoms with Crippen molar-refractivity contribution in [2.24, 2.45) is 0 Å². The SMILES string of the molecule is CC(=O)/C=C(/C)[O-].CC(=O)/C=C(/C)[O-].CN(C)CCN(C)C.CN(C)CCN(C)C.O.O.O=[N+]([O-])[O-].O=[N+]([O-])[O-].[Cu+2].[Cu+2].[OH3+].[OH3+]. The zero-order valence-electron chi connectivity index (χ0n) is 27.5. The molecule has 44 heavy (non-hydrogen) atoms. The summed E-state index contributed by atoms with van der Waals surface area (Å²) in [5, 5.41) is 49.5. The number of likely N-dealkylation sites (N-methyl/N-ethyl adjacent to an activating group) is 4. The number of ketones is 2. The zero-order chi connectivity index (χ0) is 32.0. The van der Waals surface area contributed by atoms with Crippen LogP contribution in [-0.4, -0.2) is 135 Å². The van der Waals surface area contributed by atoms with Gasteiger partial charge in [0.2, 0.25) is 0 Å². The largest absolute Gasteiger partial charge is 2.00 e. The monoisotopic (exact) mass is 754 g/mol. The number of rotatable bonds is 8. The maximum absolute atomic E-state index is 9.98. The van der Waals surface area contributed by atoms with Gasteiger partial charge in [-0.3, -0.25) is 9.59 Å². The molecule has 22 heteroatoms. The van der Waals surface area contributed by atoms with Gasteiger partial charge in [-0.1, -0.05) is 13.8 Å². The number of allylic oxidation sites excluding steroid dienone is 4. The first-order valence-electron chi connectivity index (χ1n) is 10.9. The first-order chi connectivity index (χ1) is 17.0. The van der Waals surface area contributed by atoms with Gasteiger partial charge in [-0.05, 0) is 82.4 Å². The third-order valence-corrected chi connectivity index (χ3v) is 2.80. The molecule has 20 nitrogen and oxygen atoms in total. The Balaban J connectivity index is -0.0000000276. The normalized spacial score (nSPS) is 8.82. The van der Waals surface area contributed by atoms with Gasteiger partial charge in [-0.15, -0.1) is 11.5 Å². The zero-order valence-corrected chi connectivity index (χ0v) is 29.4. The first kappa shape index (κ1) is 78.2. The van der Waals surface area contributed by atoms with E-state index in [2.05, 4.69) is 76.0 Å². The quantitative estimate of drug-likeness (QED) is 0.0568. The van der Waals surface area contributed by atoms with Crippen LogP contribution >= 0.6 is 0 Å². The van der Waals surface area contributed by atoms with Crippen LogP contribution in [0.3, 0.4) is 0 Å². The molecule has 0 aromatic rings. The van der Waals surface area contributed by atoms with E-state index in [0.717, 1.165) is 38.3 Å². The maximum Gasteiger partial charge on any atom is 2.00 e. The minimum atomic E-state index is -1.75. The summed E-state index contributed by atoms with van der Waals surface area (Å²) in [4.78, 5) is 45.2. The Kier molecular flexibility index (Phi) is 100. The molecule has 10 N–H and O–H groups in total. The van der Waals surface area contributed by atoms with Crippen molar-refractivity contribution in [3.8, 4) is 0 Å². The van der Waals surface area contributed by atoms with E-state index in [1.807, 2.05) is 0 Å². The molecular weight excluding hydrogens is 699 g/mol. The topological polar surface area (TPSA) is 355 Å². The molecule has 0 rings (SSSR count). The minimum Gasteiger partial charge on any atom is -0.876 e. The molecule has 0 unspecified atom stereocenters. The van der Waals surface area contributed by atoms with Crippen molar-refractivity contribution in [2.45, 2.75) is 27.7 Å². The molecule has 0 saturated heterocycles. The van der Waals surface area contributed by atoms with Crippen molar-refractivity contribution in [3.05, 3.63) is 54.3 Å². The second kappa shape index (κ2) is 56.3. The predicted octanol–water partition coefficient (Wildman–Crippen LogP) is -4.08.